The molecule has 57 heavy (non-hydrogen) atoms. The molecule has 0 unspecified atom stereocenters. The van der Waals surface area contributed by atoms with Crippen LogP contribution in [-0.4, -0.2) is 94.7 Å². The molecule has 5 rings (SSSR count). The number of halogens is 1. The van der Waals surface area contributed by atoms with Gasteiger partial charge in [0.15, 0.2) is 0 Å². The molecule has 1 saturated heterocycles. The van der Waals surface area contributed by atoms with E-state index in [0.29, 0.717) is 24.9 Å². The van der Waals surface area contributed by atoms with Crippen LogP contribution < -0.4 is 32.3 Å². The number of fused-ring (bicyclic) bond motifs is 2. The Morgan fingerprint density at radius 1 is 0.842 bits per heavy atom. The number of urea groups is 1. The van der Waals surface area contributed by atoms with Gasteiger partial charge in [-0.2, -0.15) is 0 Å². The van der Waals surface area contributed by atoms with E-state index >= 15 is 0 Å². The van der Waals surface area contributed by atoms with Gasteiger partial charge in [-0.15, -0.1) is 11.6 Å². The molecule has 1 aliphatic carbocycles. The van der Waals surface area contributed by atoms with Crippen LogP contribution in [0.25, 0.3) is 16.3 Å². The van der Waals surface area contributed by atoms with Crippen LogP contribution in [0.15, 0.2) is 72.8 Å². The fourth-order valence-corrected chi connectivity index (χ4v) is 7.30. The zero-order valence-electron chi connectivity index (χ0n) is 31.4. The lowest BCUT2D eigenvalue weighted by atomic mass is 9.96. The van der Waals surface area contributed by atoms with Crippen molar-refractivity contribution in [2.24, 2.45) is 5.73 Å². The molecule has 302 valence electrons. The number of carbonyl (C=O) groups is 7. The van der Waals surface area contributed by atoms with Crippen LogP contribution >= 0.6 is 11.6 Å². The van der Waals surface area contributed by atoms with Crippen LogP contribution in [0.1, 0.15) is 62.5 Å². The minimum absolute atomic E-state index is 0.0739. The highest BCUT2D eigenvalue weighted by Crippen LogP contribution is 2.31. The molecule has 1 fully saturated rings. The average molecular weight is 802 g/mol. The first-order chi connectivity index (χ1) is 27.4. The first-order valence-electron chi connectivity index (χ1n) is 19.0. The summed E-state index contributed by atoms with van der Waals surface area (Å²) < 4.78 is 0. The Morgan fingerprint density at radius 3 is 2.35 bits per heavy atom. The number of carboxylic acid groups (broad SMARTS) is 1. The van der Waals surface area contributed by atoms with E-state index in [1.807, 2.05) is 66.7 Å². The molecule has 0 spiro atoms. The summed E-state index contributed by atoms with van der Waals surface area (Å²) in [7, 11) is 0. The molecule has 16 heteroatoms. The largest absolute Gasteiger partial charge is 0.481 e. The van der Waals surface area contributed by atoms with Gasteiger partial charge in [0.1, 0.15) is 30.0 Å². The summed E-state index contributed by atoms with van der Waals surface area (Å²) in [6, 6.07) is 15.5. The molecule has 4 atom stereocenters. The van der Waals surface area contributed by atoms with E-state index in [4.69, 9.17) is 17.3 Å². The number of likely N-dealkylation sites (tertiary alicyclic amines) is 1. The monoisotopic (exact) mass is 801 g/mol. The van der Waals surface area contributed by atoms with Gasteiger partial charge in [-0.25, -0.2) is 4.79 Å². The standard InChI is InChI=1S/C41H48ClN7O8/c42-24-35(50)46-32(18-19-36(51)52)40(56)49-21-6-5-13-34(49)39(55)48-33(23-28-15-14-26-9-3-4-11-30(26)28)38(54)47-31(12-7-20-44-41(43)57)37(53)45-29-17-16-25-8-1-2-10-27(25)22-29/h1-4,8-11,15-17,22,31-34H,5-7,12-14,18-21,23-24H2,(H,45,53)(H,46,50)(H,47,54)(H,48,55)(H,51,52)(H3,43,44,57)/t31-,32-,33-,34-/m0/s1. The number of aliphatic carboxylic acids is 1. The number of allylic oxidation sites excluding steroid dienone is 1. The highest BCUT2D eigenvalue weighted by molar-refractivity contribution is 6.27. The Hall–Kier alpha value is -5.96. The van der Waals surface area contributed by atoms with Crippen molar-refractivity contribution in [2.45, 2.75) is 82.0 Å². The van der Waals surface area contributed by atoms with Crippen molar-refractivity contribution in [1.29, 1.82) is 0 Å². The maximum Gasteiger partial charge on any atom is 0.312 e. The molecular formula is C41H48ClN7O8. The molecule has 0 aromatic heterocycles. The first-order valence-corrected chi connectivity index (χ1v) is 19.6. The molecule has 2 aliphatic rings. The fourth-order valence-electron chi connectivity index (χ4n) is 7.23. The van der Waals surface area contributed by atoms with Crippen LogP contribution in [0.2, 0.25) is 0 Å². The maximum absolute atomic E-state index is 14.4. The zero-order chi connectivity index (χ0) is 40.9. The van der Waals surface area contributed by atoms with Crippen molar-refractivity contribution in [3.63, 3.8) is 0 Å². The number of hydrogen-bond donors (Lipinski definition) is 7. The number of rotatable bonds is 18. The van der Waals surface area contributed by atoms with Gasteiger partial charge in [-0.3, -0.25) is 28.8 Å². The zero-order valence-corrected chi connectivity index (χ0v) is 32.2. The maximum atomic E-state index is 14.4. The number of carbonyl (C=O) groups excluding carboxylic acids is 6. The van der Waals surface area contributed by atoms with Gasteiger partial charge < -0.3 is 42.3 Å². The molecule has 1 heterocycles. The smallest absolute Gasteiger partial charge is 0.312 e. The lowest BCUT2D eigenvalue weighted by molar-refractivity contribution is -0.146. The molecule has 0 saturated carbocycles. The number of benzene rings is 3. The molecule has 1 aliphatic heterocycles. The minimum Gasteiger partial charge on any atom is -0.481 e. The summed E-state index contributed by atoms with van der Waals surface area (Å²) >= 11 is 5.67. The SMILES string of the molecule is NC(=O)NCCC[C@H](NC(=O)[C@H](CC1=CCc2ccccc21)NC(=O)[C@@H]1CCCCN1C(=O)[C@H](CCC(=O)O)NC(=O)CCl)C(=O)Nc1ccc2ccccc2c1. The fraction of sp³-hybridized carbons (Fsp3) is 0.390. The second-order valence-corrected chi connectivity index (χ2v) is 14.4. The Labute approximate surface area is 335 Å². The van der Waals surface area contributed by atoms with Gasteiger partial charge in [0.05, 0.1) is 0 Å². The molecular weight excluding hydrogens is 754 g/mol. The third kappa shape index (κ3) is 11.8. The molecule has 8 N–H and O–H groups in total. The summed E-state index contributed by atoms with van der Waals surface area (Å²) in [4.78, 5) is 92.5. The van der Waals surface area contributed by atoms with Crippen LogP contribution in [0, 0.1) is 0 Å². The van der Waals surface area contributed by atoms with Gasteiger partial charge in [0.2, 0.25) is 29.5 Å². The predicted molar refractivity (Wildman–Crippen MR) is 215 cm³/mol. The number of nitrogens with zero attached hydrogens (tertiary/aromatic N) is 1. The molecule has 0 radical (unpaired) electrons. The van der Waals surface area contributed by atoms with Crippen LogP contribution in [0.3, 0.4) is 0 Å². The predicted octanol–water partition coefficient (Wildman–Crippen LogP) is 3.20. The Bertz CT molecular complexity index is 2020. The molecule has 0 bridgehead atoms. The molecule has 3 aromatic carbocycles. The quantitative estimate of drug-likeness (QED) is 0.0745. The van der Waals surface area contributed by atoms with Gasteiger partial charge in [0.25, 0.3) is 0 Å². The number of anilines is 1. The topological polar surface area (TPSA) is 229 Å². The van der Waals surface area contributed by atoms with E-state index in [1.54, 1.807) is 6.07 Å². The van der Waals surface area contributed by atoms with E-state index in [9.17, 15) is 38.7 Å². The van der Waals surface area contributed by atoms with Crippen LogP contribution in [-0.2, 0) is 35.2 Å². The first kappa shape index (κ1) is 42.2. The van der Waals surface area contributed by atoms with Gasteiger partial charge in [-0.05, 0) is 84.6 Å². The summed E-state index contributed by atoms with van der Waals surface area (Å²) in [5.74, 6) is -4.66. The molecule has 3 aromatic rings. The lowest BCUT2D eigenvalue weighted by Crippen LogP contribution is -2.60. The highest BCUT2D eigenvalue weighted by atomic mass is 35.5. The van der Waals surface area contributed by atoms with Crippen molar-refractivity contribution in [3.05, 3.63) is 83.9 Å². The van der Waals surface area contributed by atoms with E-state index in [0.717, 1.165) is 27.5 Å². The van der Waals surface area contributed by atoms with Gasteiger partial charge in [-0.1, -0.05) is 60.7 Å². The third-order valence-corrected chi connectivity index (χ3v) is 10.3. The summed E-state index contributed by atoms with van der Waals surface area (Å²) in [5, 5.41) is 24.8. The van der Waals surface area contributed by atoms with Crippen molar-refractivity contribution in [3.8, 4) is 0 Å². The number of nitrogens with one attached hydrogen (secondary N) is 5. The number of carboxylic acids is 1. The van der Waals surface area contributed by atoms with Gasteiger partial charge in [0, 0.05) is 31.6 Å². The number of nitrogens with two attached hydrogens (primary N) is 1. The van der Waals surface area contributed by atoms with Crippen molar-refractivity contribution in [2.75, 3.05) is 24.3 Å². The van der Waals surface area contributed by atoms with E-state index in [1.165, 1.54) is 4.90 Å². The summed E-state index contributed by atoms with van der Waals surface area (Å²) in [6.07, 6.45) is 3.91. The van der Waals surface area contributed by atoms with E-state index in [-0.39, 0.29) is 45.2 Å². The Balaban J connectivity index is 1.39. The number of piperidine rings is 1. The number of amides is 7. The summed E-state index contributed by atoms with van der Waals surface area (Å²) in [5.41, 5.74) is 8.56. The third-order valence-electron chi connectivity index (χ3n) is 10.1. The second kappa shape index (κ2) is 20.3. The highest BCUT2D eigenvalue weighted by Gasteiger charge is 2.38. The minimum atomic E-state index is -1.23. The van der Waals surface area contributed by atoms with Crippen molar-refractivity contribution < 1.29 is 38.7 Å². The molecule has 7 amide bonds. The summed E-state index contributed by atoms with van der Waals surface area (Å²) in [6.45, 7) is 0.322. The lowest BCUT2D eigenvalue weighted by Gasteiger charge is -2.37. The number of alkyl halides is 1. The second-order valence-electron chi connectivity index (χ2n) is 14.1. The van der Waals surface area contributed by atoms with Crippen molar-refractivity contribution >= 4 is 75.2 Å². The normalized spacial score (nSPS) is 16.3. The van der Waals surface area contributed by atoms with Gasteiger partial charge >= 0.3 is 12.0 Å². The van der Waals surface area contributed by atoms with Crippen LogP contribution in [0.5, 0.6) is 0 Å². The Kier molecular flexibility index (Phi) is 15.0. The number of hydrogen-bond acceptors (Lipinski definition) is 7. The average Bonchev–Trinajstić information content (AvgIpc) is 3.62. The Morgan fingerprint density at radius 2 is 1.60 bits per heavy atom. The molecule has 15 nitrogen and oxygen atoms in total. The van der Waals surface area contributed by atoms with E-state index in [2.05, 4.69) is 26.6 Å². The van der Waals surface area contributed by atoms with E-state index < -0.39 is 78.0 Å². The van der Waals surface area contributed by atoms with Crippen molar-refractivity contribution in [1.82, 2.24) is 26.2 Å². The number of primary amides is 1. The van der Waals surface area contributed by atoms with Crippen LogP contribution in [0.4, 0.5) is 10.5 Å².